The van der Waals surface area contributed by atoms with Crippen LogP contribution in [-0.4, -0.2) is 9.97 Å². The van der Waals surface area contributed by atoms with Gasteiger partial charge < -0.3 is 0 Å². The Morgan fingerprint density at radius 3 is 1.56 bits per heavy atom. The zero-order valence-electron chi connectivity index (χ0n) is 14.1. The number of hydrogen-bond acceptors (Lipinski definition) is 2. The van der Waals surface area contributed by atoms with Crippen molar-refractivity contribution in [2.75, 3.05) is 0 Å². The Hall–Kier alpha value is -3.26. The van der Waals surface area contributed by atoms with Crippen molar-refractivity contribution in [1.29, 1.82) is 0 Å². The lowest BCUT2D eigenvalue weighted by Gasteiger charge is -2.11. The van der Waals surface area contributed by atoms with Crippen molar-refractivity contribution in [2.45, 2.75) is 6.92 Å². The maximum Gasteiger partial charge on any atom is 0.116 e. The highest BCUT2D eigenvalue weighted by molar-refractivity contribution is 5.80. The molecule has 0 radical (unpaired) electrons. The Labute approximate surface area is 147 Å². The fraction of sp³-hybridized carbons (Fsp3) is 0.0435. The van der Waals surface area contributed by atoms with E-state index in [0.29, 0.717) is 0 Å². The molecule has 1 heterocycles. The monoisotopic (exact) mass is 322 g/mol. The SMILES string of the molecule is Cc1cc(-c2cc(-c3ccccc3)cc(-c3ccccc3)c2)ncn1. The van der Waals surface area contributed by atoms with Gasteiger partial charge in [-0.05, 0) is 53.4 Å². The van der Waals surface area contributed by atoms with Gasteiger partial charge in [-0.3, -0.25) is 0 Å². The predicted octanol–water partition coefficient (Wildman–Crippen LogP) is 5.79. The summed E-state index contributed by atoms with van der Waals surface area (Å²) in [6.07, 6.45) is 1.63. The highest BCUT2D eigenvalue weighted by atomic mass is 14.8. The van der Waals surface area contributed by atoms with Crippen LogP contribution in [0.25, 0.3) is 33.5 Å². The molecule has 0 fully saturated rings. The quantitative estimate of drug-likeness (QED) is 0.477. The van der Waals surface area contributed by atoms with Gasteiger partial charge in [0.1, 0.15) is 6.33 Å². The standard InChI is InChI=1S/C23H18N2/c1-17-12-23(25-16-24-17)22-14-20(18-8-4-2-5-9-18)13-21(15-22)19-10-6-3-7-11-19/h2-16H,1H3. The Balaban J connectivity index is 1.92. The molecule has 3 aromatic carbocycles. The number of rotatable bonds is 3. The summed E-state index contributed by atoms with van der Waals surface area (Å²) in [5.74, 6) is 0. The van der Waals surface area contributed by atoms with Crippen molar-refractivity contribution < 1.29 is 0 Å². The van der Waals surface area contributed by atoms with Crippen molar-refractivity contribution in [3.8, 4) is 33.5 Å². The fourth-order valence-corrected chi connectivity index (χ4v) is 2.98. The normalized spacial score (nSPS) is 10.6. The number of aryl methyl sites for hydroxylation is 1. The minimum absolute atomic E-state index is 0.947. The summed E-state index contributed by atoms with van der Waals surface area (Å²) in [6.45, 7) is 1.99. The van der Waals surface area contributed by atoms with Crippen molar-refractivity contribution in [3.63, 3.8) is 0 Å². The van der Waals surface area contributed by atoms with E-state index in [-0.39, 0.29) is 0 Å². The molecule has 120 valence electrons. The average Bonchev–Trinajstić information content (AvgIpc) is 2.69. The third-order valence-corrected chi connectivity index (χ3v) is 4.25. The zero-order valence-corrected chi connectivity index (χ0v) is 14.1. The van der Waals surface area contributed by atoms with Crippen molar-refractivity contribution in [3.05, 3.63) is 97.0 Å². The number of hydrogen-bond donors (Lipinski definition) is 0. The van der Waals surface area contributed by atoms with Crippen molar-refractivity contribution >= 4 is 0 Å². The first-order valence-electron chi connectivity index (χ1n) is 8.34. The van der Waals surface area contributed by atoms with Crippen LogP contribution in [0.4, 0.5) is 0 Å². The molecule has 0 aliphatic carbocycles. The first-order chi connectivity index (χ1) is 12.3. The van der Waals surface area contributed by atoms with E-state index < -0.39 is 0 Å². The van der Waals surface area contributed by atoms with Crippen LogP contribution in [0.15, 0.2) is 91.3 Å². The first kappa shape index (κ1) is 15.3. The smallest absolute Gasteiger partial charge is 0.116 e. The van der Waals surface area contributed by atoms with E-state index >= 15 is 0 Å². The van der Waals surface area contributed by atoms with Crippen LogP contribution >= 0.6 is 0 Å². The fourth-order valence-electron chi connectivity index (χ4n) is 2.98. The Morgan fingerprint density at radius 1 is 0.520 bits per heavy atom. The summed E-state index contributed by atoms with van der Waals surface area (Å²) in [7, 11) is 0. The Morgan fingerprint density at radius 2 is 1.04 bits per heavy atom. The lowest BCUT2D eigenvalue weighted by molar-refractivity contribution is 1.11. The van der Waals surface area contributed by atoms with Crippen LogP contribution < -0.4 is 0 Å². The number of nitrogens with zero attached hydrogens (tertiary/aromatic N) is 2. The van der Waals surface area contributed by atoms with E-state index in [1.807, 2.05) is 25.1 Å². The summed E-state index contributed by atoms with van der Waals surface area (Å²) < 4.78 is 0. The van der Waals surface area contributed by atoms with E-state index in [1.54, 1.807) is 6.33 Å². The molecule has 4 rings (SSSR count). The Bertz CT molecular complexity index is 935. The topological polar surface area (TPSA) is 25.8 Å². The molecular weight excluding hydrogens is 304 g/mol. The molecule has 25 heavy (non-hydrogen) atoms. The zero-order chi connectivity index (χ0) is 17.1. The van der Waals surface area contributed by atoms with Gasteiger partial charge in [0.05, 0.1) is 5.69 Å². The van der Waals surface area contributed by atoms with Crippen LogP contribution in [0.3, 0.4) is 0 Å². The third kappa shape index (κ3) is 3.33. The molecule has 2 heteroatoms. The first-order valence-corrected chi connectivity index (χ1v) is 8.34. The molecule has 4 aromatic rings. The van der Waals surface area contributed by atoms with Crippen LogP contribution in [0.1, 0.15) is 5.69 Å². The molecule has 0 aliphatic heterocycles. The summed E-state index contributed by atoms with van der Waals surface area (Å²) in [6, 6.07) is 29.6. The molecule has 0 saturated heterocycles. The van der Waals surface area contributed by atoms with Crippen LogP contribution in [0.5, 0.6) is 0 Å². The van der Waals surface area contributed by atoms with Gasteiger partial charge in [0.15, 0.2) is 0 Å². The third-order valence-electron chi connectivity index (χ3n) is 4.25. The van der Waals surface area contributed by atoms with Crippen molar-refractivity contribution in [2.24, 2.45) is 0 Å². The van der Waals surface area contributed by atoms with Crippen LogP contribution in [0, 0.1) is 6.92 Å². The minimum Gasteiger partial charge on any atom is -0.242 e. The number of benzene rings is 3. The average molecular weight is 322 g/mol. The second kappa shape index (κ2) is 6.70. The molecule has 0 spiro atoms. The van der Waals surface area contributed by atoms with Gasteiger partial charge in [-0.1, -0.05) is 60.7 Å². The molecule has 0 atom stereocenters. The number of aromatic nitrogens is 2. The summed E-state index contributed by atoms with van der Waals surface area (Å²) in [4.78, 5) is 8.68. The predicted molar refractivity (Wildman–Crippen MR) is 103 cm³/mol. The molecular formula is C23H18N2. The van der Waals surface area contributed by atoms with Gasteiger partial charge >= 0.3 is 0 Å². The molecule has 1 aromatic heterocycles. The highest BCUT2D eigenvalue weighted by Crippen LogP contribution is 2.32. The molecule has 0 N–H and O–H groups in total. The van der Waals surface area contributed by atoms with Gasteiger partial charge in [0, 0.05) is 11.3 Å². The van der Waals surface area contributed by atoms with E-state index in [1.165, 1.54) is 22.3 Å². The van der Waals surface area contributed by atoms with Gasteiger partial charge in [0.25, 0.3) is 0 Å². The molecule has 0 saturated carbocycles. The lowest BCUT2D eigenvalue weighted by atomic mass is 9.95. The molecule has 0 unspecified atom stereocenters. The molecule has 0 aliphatic rings. The van der Waals surface area contributed by atoms with Gasteiger partial charge in [-0.25, -0.2) is 9.97 Å². The van der Waals surface area contributed by atoms with Gasteiger partial charge in [0.2, 0.25) is 0 Å². The summed E-state index contributed by atoms with van der Waals surface area (Å²) >= 11 is 0. The molecule has 0 bridgehead atoms. The maximum absolute atomic E-state index is 4.47. The minimum atomic E-state index is 0.947. The van der Waals surface area contributed by atoms with Crippen LogP contribution in [0.2, 0.25) is 0 Å². The summed E-state index contributed by atoms with van der Waals surface area (Å²) in [5, 5.41) is 0. The van der Waals surface area contributed by atoms with E-state index in [2.05, 4.69) is 76.7 Å². The van der Waals surface area contributed by atoms with Gasteiger partial charge in [-0.15, -0.1) is 0 Å². The van der Waals surface area contributed by atoms with E-state index in [9.17, 15) is 0 Å². The van der Waals surface area contributed by atoms with Gasteiger partial charge in [-0.2, -0.15) is 0 Å². The second-order valence-corrected chi connectivity index (χ2v) is 6.08. The largest absolute Gasteiger partial charge is 0.242 e. The van der Waals surface area contributed by atoms with E-state index in [4.69, 9.17) is 0 Å². The second-order valence-electron chi connectivity index (χ2n) is 6.08. The van der Waals surface area contributed by atoms with Crippen molar-refractivity contribution in [1.82, 2.24) is 9.97 Å². The van der Waals surface area contributed by atoms with E-state index in [0.717, 1.165) is 17.0 Å². The summed E-state index contributed by atoms with van der Waals surface area (Å²) in [5.41, 5.74) is 7.80. The maximum atomic E-state index is 4.47. The highest BCUT2D eigenvalue weighted by Gasteiger charge is 2.08. The Kier molecular flexibility index (Phi) is 4.09. The lowest BCUT2D eigenvalue weighted by Crippen LogP contribution is -1.90. The molecule has 2 nitrogen and oxygen atoms in total. The van der Waals surface area contributed by atoms with Crippen LogP contribution in [-0.2, 0) is 0 Å². The molecule has 0 amide bonds.